The largest absolute Gasteiger partial charge is 0.390 e. The molecule has 7 heteroatoms. The van der Waals surface area contributed by atoms with Crippen LogP contribution in [0.2, 0.25) is 0 Å². The summed E-state index contributed by atoms with van der Waals surface area (Å²) < 4.78 is 36.8. The summed E-state index contributed by atoms with van der Waals surface area (Å²) in [5.74, 6) is -0.619. The van der Waals surface area contributed by atoms with Gasteiger partial charge in [-0.25, -0.2) is 0 Å². The van der Waals surface area contributed by atoms with Crippen LogP contribution in [0.15, 0.2) is 24.3 Å². The predicted molar refractivity (Wildman–Crippen MR) is 68.0 cm³/mol. The SMILES string of the molecule is N#CCCN(CCC(F)(F)F)C(=O)c1cccc(C#N)c1. The van der Waals surface area contributed by atoms with Gasteiger partial charge in [-0.1, -0.05) is 6.07 Å². The van der Waals surface area contributed by atoms with Crippen LogP contribution in [0.4, 0.5) is 13.2 Å². The lowest BCUT2D eigenvalue weighted by molar-refractivity contribution is -0.136. The van der Waals surface area contributed by atoms with Gasteiger partial charge in [0.2, 0.25) is 0 Å². The highest BCUT2D eigenvalue weighted by atomic mass is 19.4. The number of alkyl halides is 3. The lowest BCUT2D eigenvalue weighted by Crippen LogP contribution is -2.35. The molecule has 0 saturated heterocycles. The fraction of sp³-hybridized carbons (Fsp3) is 0.357. The third-order valence-corrected chi connectivity index (χ3v) is 2.68. The normalized spacial score (nSPS) is 10.5. The molecule has 0 aromatic heterocycles. The van der Waals surface area contributed by atoms with Gasteiger partial charge in [-0.2, -0.15) is 23.7 Å². The molecule has 0 N–H and O–H groups in total. The van der Waals surface area contributed by atoms with Crippen LogP contribution in [0.1, 0.15) is 28.8 Å². The molecule has 1 amide bonds. The van der Waals surface area contributed by atoms with Crippen LogP contribution in [0.25, 0.3) is 0 Å². The van der Waals surface area contributed by atoms with Crippen molar-refractivity contribution >= 4 is 5.91 Å². The number of nitrogens with zero attached hydrogens (tertiary/aromatic N) is 3. The van der Waals surface area contributed by atoms with Gasteiger partial charge in [0, 0.05) is 18.7 Å². The fourth-order valence-electron chi connectivity index (χ4n) is 1.67. The molecule has 4 nitrogen and oxygen atoms in total. The first-order valence-corrected chi connectivity index (χ1v) is 6.10. The Morgan fingerprint density at radius 1 is 1.24 bits per heavy atom. The van der Waals surface area contributed by atoms with Crippen LogP contribution in [0.3, 0.4) is 0 Å². The van der Waals surface area contributed by atoms with E-state index in [1.54, 1.807) is 6.07 Å². The molecule has 21 heavy (non-hydrogen) atoms. The van der Waals surface area contributed by atoms with Crippen LogP contribution in [0.5, 0.6) is 0 Å². The Labute approximate surface area is 120 Å². The molecule has 0 heterocycles. The molecule has 0 unspecified atom stereocenters. The van der Waals surface area contributed by atoms with Gasteiger partial charge in [-0.3, -0.25) is 4.79 Å². The zero-order valence-electron chi connectivity index (χ0n) is 11.0. The van der Waals surface area contributed by atoms with E-state index in [-0.39, 0.29) is 24.1 Å². The van der Waals surface area contributed by atoms with Crippen LogP contribution < -0.4 is 0 Å². The van der Waals surface area contributed by atoms with Crippen molar-refractivity contribution in [2.45, 2.75) is 19.0 Å². The number of hydrogen-bond donors (Lipinski definition) is 0. The lowest BCUT2D eigenvalue weighted by Gasteiger charge is -2.22. The van der Waals surface area contributed by atoms with E-state index >= 15 is 0 Å². The summed E-state index contributed by atoms with van der Waals surface area (Å²) in [4.78, 5) is 13.2. The van der Waals surface area contributed by atoms with E-state index in [1.165, 1.54) is 24.3 Å². The Balaban J connectivity index is 2.88. The zero-order chi connectivity index (χ0) is 15.9. The summed E-state index contributed by atoms with van der Waals surface area (Å²) in [7, 11) is 0. The molecule has 0 aliphatic rings. The molecule has 0 aliphatic carbocycles. The summed E-state index contributed by atoms with van der Waals surface area (Å²) in [5, 5.41) is 17.3. The molecule has 0 saturated carbocycles. The molecule has 0 aliphatic heterocycles. The van der Waals surface area contributed by atoms with Crippen LogP contribution >= 0.6 is 0 Å². The first-order valence-electron chi connectivity index (χ1n) is 6.10. The lowest BCUT2D eigenvalue weighted by atomic mass is 10.1. The highest BCUT2D eigenvalue weighted by Crippen LogP contribution is 2.20. The number of carbonyl (C=O) groups excluding carboxylic acids is 1. The molecule has 0 bridgehead atoms. The Morgan fingerprint density at radius 2 is 1.95 bits per heavy atom. The minimum atomic E-state index is -4.38. The topological polar surface area (TPSA) is 67.9 Å². The van der Waals surface area contributed by atoms with E-state index in [0.29, 0.717) is 0 Å². The summed E-state index contributed by atoms with van der Waals surface area (Å²) in [5.41, 5.74) is 0.381. The quantitative estimate of drug-likeness (QED) is 0.838. The molecule has 0 spiro atoms. The second-order valence-electron chi connectivity index (χ2n) is 4.26. The van der Waals surface area contributed by atoms with Crippen molar-refractivity contribution in [1.82, 2.24) is 4.90 Å². The maximum absolute atomic E-state index is 12.3. The highest BCUT2D eigenvalue weighted by molar-refractivity contribution is 5.94. The van der Waals surface area contributed by atoms with Gasteiger partial charge >= 0.3 is 6.18 Å². The Bertz CT molecular complexity index is 584. The van der Waals surface area contributed by atoms with Crippen molar-refractivity contribution in [3.8, 4) is 12.1 Å². The first kappa shape index (κ1) is 16.5. The van der Waals surface area contributed by atoms with Gasteiger partial charge in [-0.15, -0.1) is 0 Å². The van der Waals surface area contributed by atoms with Crippen molar-refractivity contribution in [2.75, 3.05) is 13.1 Å². The fourth-order valence-corrected chi connectivity index (χ4v) is 1.67. The smallest absolute Gasteiger partial charge is 0.337 e. The van der Waals surface area contributed by atoms with Crippen molar-refractivity contribution < 1.29 is 18.0 Å². The summed E-state index contributed by atoms with van der Waals surface area (Å²) in [6.45, 7) is -0.594. The van der Waals surface area contributed by atoms with Gasteiger partial charge in [0.1, 0.15) is 0 Å². The maximum Gasteiger partial charge on any atom is 0.390 e. The van der Waals surface area contributed by atoms with Crippen molar-refractivity contribution in [2.24, 2.45) is 0 Å². The van der Waals surface area contributed by atoms with E-state index < -0.39 is 25.0 Å². The monoisotopic (exact) mass is 295 g/mol. The average molecular weight is 295 g/mol. The molecule has 0 fully saturated rings. The molecular formula is C14H12F3N3O. The van der Waals surface area contributed by atoms with Gasteiger partial charge in [0.15, 0.2) is 0 Å². The number of rotatable bonds is 5. The second-order valence-corrected chi connectivity index (χ2v) is 4.26. The maximum atomic E-state index is 12.3. The minimum absolute atomic E-state index is 0.0540. The minimum Gasteiger partial charge on any atom is -0.337 e. The van der Waals surface area contributed by atoms with E-state index in [0.717, 1.165) is 4.90 Å². The molecule has 110 valence electrons. The summed E-state index contributed by atoms with van der Waals surface area (Å²) >= 11 is 0. The number of hydrogen-bond acceptors (Lipinski definition) is 3. The van der Waals surface area contributed by atoms with Crippen molar-refractivity contribution in [1.29, 1.82) is 10.5 Å². The number of halogens is 3. The molecular weight excluding hydrogens is 283 g/mol. The van der Waals surface area contributed by atoms with E-state index in [9.17, 15) is 18.0 Å². The number of benzene rings is 1. The second kappa shape index (κ2) is 7.30. The van der Waals surface area contributed by atoms with E-state index in [4.69, 9.17) is 10.5 Å². The Hall–Kier alpha value is -2.54. The van der Waals surface area contributed by atoms with Gasteiger partial charge in [0.25, 0.3) is 5.91 Å². The number of nitriles is 2. The van der Waals surface area contributed by atoms with Crippen LogP contribution in [-0.4, -0.2) is 30.1 Å². The van der Waals surface area contributed by atoms with E-state index in [1.807, 2.05) is 6.07 Å². The average Bonchev–Trinajstić information content (AvgIpc) is 2.45. The summed E-state index contributed by atoms with van der Waals surface area (Å²) in [6, 6.07) is 9.37. The Kier molecular flexibility index (Phi) is 5.74. The third kappa shape index (κ3) is 5.53. The standard InChI is InChI=1S/C14H12F3N3O/c15-14(16,17)5-8-20(7-2-6-18)13(21)12-4-1-3-11(9-12)10-19/h1,3-4,9H,2,5,7-8H2. The molecule has 0 atom stereocenters. The van der Waals surface area contributed by atoms with E-state index in [2.05, 4.69) is 0 Å². The van der Waals surface area contributed by atoms with Gasteiger partial charge in [-0.05, 0) is 18.2 Å². The van der Waals surface area contributed by atoms with Crippen molar-refractivity contribution in [3.63, 3.8) is 0 Å². The first-order chi connectivity index (χ1) is 9.87. The predicted octanol–water partition coefficient (Wildman–Crippen LogP) is 2.87. The molecule has 1 aromatic rings. The number of amides is 1. The third-order valence-electron chi connectivity index (χ3n) is 2.68. The molecule has 1 rings (SSSR count). The van der Waals surface area contributed by atoms with Gasteiger partial charge in [0.05, 0.1) is 30.5 Å². The van der Waals surface area contributed by atoms with Gasteiger partial charge < -0.3 is 4.90 Å². The van der Waals surface area contributed by atoms with Crippen LogP contribution in [0, 0.1) is 22.7 Å². The molecule has 0 radical (unpaired) electrons. The number of carbonyl (C=O) groups is 1. The Morgan fingerprint density at radius 3 is 2.52 bits per heavy atom. The molecule has 1 aromatic carbocycles. The van der Waals surface area contributed by atoms with Crippen LogP contribution in [-0.2, 0) is 0 Å². The highest BCUT2D eigenvalue weighted by Gasteiger charge is 2.29. The van der Waals surface area contributed by atoms with Crippen molar-refractivity contribution in [3.05, 3.63) is 35.4 Å². The zero-order valence-corrected chi connectivity index (χ0v) is 11.0. The summed E-state index contributed by atoms with van der Waals surface area (Å²) in [6.07, 6.45) is -5.57.